The van der Waals surface area contributed by atoms with Crippen molar-refractivity contribution in [3.63, 3.8) is 0 Å². The second-order valence-electron chi connectivity index (χ2n) is 10.6. The van der Waals surface area contributed by atoms with Gasteiger partial charge in [-0.25, -0.2) is 0 Å². The van der Waals surface area contributed by atoms with Crippen LogP contribution >= 0.6 is 0 Å². The maximum Gasteiger partial charge on any atom is 0.135 e. The monoisotopic (exact) mass is 530 g/mol. The SMILES string of the molecule is Cc1ccc(Nc2ccc(-c3ccc(Nc4ccc(C)cc4)cc3-c3ccc4oc5ccccc5c4c3)cc2)cc1. The zero-order valence-corrected chi connectivity index (χ0v) is 23.1. The van der Waals surface area contributed by atoms with Crippen molar-refractivity contribution in [3.05, 3.63) is 145 Å². The van der Waals surface area contributed by atoms with Crippen LogP contribution in [-0.2, 0) is 0 Å². The van der Waals surface area contributed by atoms with Crippen molar-refractivity contribution < 1.29 is 4.42 Å². The normalized spacial score (nSPS) is 11.2. The number of nitrogens with one attached hydrogen (secondary N) is 2. The van der Waals surface area contributed by atoms with E-state index in [9.17, 15) is 0 Å². The molecule has 3 nitrogen and oxygen atoms in total. The first kappa shape index (κ1) is 24.7. The summed E-state index contributed by atoms with van der Waals surface area (Å²) in [6.45, 7) is 4.21. The molecular formula is C38H30N2O. The largest absolute Gasteiger partial charge is 0.456 e. The summed E-state index contributed by atoms with van der Waals surface area (Å²) in [5.41, 5.74) is 13.2. The zero-order chi connectivity index (χ0) is 27.8. The number of hydrogen-bond donors (Lipinski definition) is 2. The summed E-state index contributed by atoms with van der Waals surface area (Å²) in [6.07, 6.45) is 0. The van der Waals surface area contributed by atoms with E-state index in [0.717, 1.165) is 61.4 Å². The lowest BCUT2D eigenvalue weighted by Crippen LogP contribution is -1.94. The van der Waals surface area contributed by atoms with E-state index in [2.05, 4.69) is 146 Å². The quantitative estimate of drug-likeness (QED) is 0.224. The summed E-state index contributed by atoms with van der Waals surface area (Å²) in [7, 11) is 0. The Labute approximate surface area is 240 Å². The number of hydrogen-bond acceptors (Lipinski definition) is 3. The predicted molar refractivity (Wildman–Crippen MR) is 174 cm³/mol. The van der Waals surface area contributed by atoms with Crippen molar-refractivity contribution >= 4 is 44.7 Å². The van der Waals surface area contributed by atoms with Crippen LogP contribution in [0.4, 0.5) is 22.7 Å². The fraction of sp³-hybridized carbons (Fsp3) is 0.0526. The molecule has 0 saturated heterocycles. The van der Waals surface area contributed by atoms with Gasteiger partial charge in [-0.1, -0.05) is 77.9 Å². The van der Waals surface area contributed by atoms with E-state index in [-0.39, 0.29) is 0 Å². The molecule has 198 valence electrons. The van der Waals surface area contributed by atoms with E-state index < -0.39 is 0 Å². The van der Waals surface area contributed by atoms with Gasteiger partial charge in [-0.05, 0) is 103 Å². The molecule has 0 atom stereocenters. The summed E-state index contributed by atoms with van der Waals surface area (Å²) in [6, 6.07) is 47.0. The van der Waals surface area contributed by atoms with Gasteiger partial charge < -0.3 is 15.1 Å². The molecule has 1 aromatic heterocycles. The van der Waals surface area contributed by atoms with Crippen LogP contribution < -0.4 is 10.6 Å². The van der Waals surface area contributed by atoms with Gasteiger partial charge in [0.25, 0.3) is 0 Å². The highest BCUT2D eigenvalue weighted by atomic mass is 16.3. The molecule has 0 saturated carbocycles. The molecule has 0 bridgehead atoms. The van der Waals surface area contributed by atoms with Gasteiger partial charge in [-0.3, -0.25) is 0 Å². The van der Waals surface area contributed by atoms with Gasteiger partial charge in [-0.15, -0.1) is 0 Å². The van der Waals surface area contributed by atoms with Crippen LogP contribution in [0.5, 0.6) is 0 Å². The molecule has 0 spiro atoms. The standard InChI is InChI=1S/C38H30N2O/c1-25-7-14-29(15-8-25)39-31-18-11-27(12-19-31)33-21-20-32(40-30-16-9-26(2)10-17-30)24-35(33)28-13-22-38-36(23-28)34-5-3-4-6-37(34)41-38/h3-24,39-40H,1-2H3. The number of para-hydroxylation sites is 1. The van der Waals surface area contributed by atoms with Crippen LogP contribution in [-0.4, -0.2) is 0 Å². The molecule has 0 radical (unpaired) electrons. The average Bonchev–Trinajstić information content (AvgIpc) is 3.38. The molecular weight excluding hydrogens is 500 g/mol. The molecule has 0 fully saturated rings. The molecule has 1 heterocycles. The van der Waals surface area contributed by atoms with Gasteiger partial charge >= 0.3 is 0 Å². The van der Waals surface area contributed by atoms with E-state index in [1.165, 1.54) is 16.7 Å². The van der Waals surface area contributed by atoms with E-state index >= 15 is 0 Å². The first-order chi connectivity index (χ1) is 20.1. The summed E-state index contributed by atoms with van der Waals surface area (Å²) in [4.78, 5) is 0. The van der Waals surface area contributed by atoms with Gasteiger partial charge in [-0.2, -0.15) is 0 Å². The van der Waals surface area contributed by atoms with Crippen LogP contribution in [0.15, 0.2) is 138 Å². The van der Waals surface area contributed by atoms with Gasteiger partial charge in [0.1, 0.15) is 11.2 Å². The number of fused-ring (bicyclic) bond motifs is 3. The Hall–Kier alpha value is -5.28. The van der Waals surface area contributed by atoms with Crippen LogP contribution in [0.25, 0.3) is 44.2 Å². The first-order valence-corrected chi connectivity index (χ1v) is 13.9. The van der Waals surface area contributed by atoms with Crippen LogP contribution in [0, 0.1) is 13.8 Å². The highest BCUT2D eigenvalue weighted by Gasteiger charge is 2.13. The Morgan fingerprint density at radius 3 is 1.63 bits per heavy atom. The molecule has 0 amide bonds. The van der Waals surface area contributed by atoms with E-state index in [1.807, 2.05) is 12.1 Å². The summed E-state index contributed by atoms with van der Waals surface area (Å²) < 4.78 is 6.12. The fourth-order valence-corrected chi connectivity index (χ4v) is 5.35. The van der Waals surface area contributed by atoms with Crippen molar-refractivity contribution in [2.75, 3.05) is 10.6 Å². The molecule has 3 heteroatoms. The van der Waals surface area contributed by atoms with Crippen LogP contribution in [0.1, 0.15) is 11.1 Å². The van der Waals surface area contributed by atoms with Gasteiger partial charge in [0.05, 0.1) is 0 Å². The van der Waals surface area contributed by atoms with Gasteiger partial charge in [0.15, 0.2) is 0 Å². The minimum absolute atomic E-state index is 0.900. The Balaban J connectivity index is 1.30. The molecule has 6 aromatic carbocycles. The van der Waals surface area contributed by atoms with Crippen LogP contribution in [0.3, 0.4) is 0 Å². The molecule has 0 aliphatic carbocycles. The summed E-state index contributed by atoms with van der Waals surface area (Å²) in [5.74, 6) is 0. The smallest absolute Gasteiger partial charge is 0.135 e. The first-order valence-electron chi connectivity index (χ1n) is 13.9. The third kappa shape index (κ3) is 5.06. The Morgan fingerprint density at radius 2 is 0.951 bits per heavy atom. The lowest BCUT2D eigenvalue weighted by atomic mass is 9.93. The van der Waals surface area contributed by atoms with E-state index in [1.54, 1.807) is 0 Å². The summed E-state index contributed by atoms with van der Waals surface area (Å²) >= 11 is 0. The highest BCUT2D eigenvalue weighted by molar-refractivity contribution is 6.06. The third-order valence-electron chi connectivity index (χ3n) is 7.58. The lowest BCUT2D eigenvalue weighted by Gasteiger charge is -2.15. The molecule has 0 aliphatic rings. The minimum Gasteiger partial charge on any atom is -0.456 e. The maximum atomic E-state index is 6.12. The molecule has 41 heavy (non-hydrogen) atoms. The number of furan rings is 1. The van der Waals surface area contributed by atoms with Crippen molar-refractivity contribution in [3.8, 4) is 22.3 Å². The Bertz CT molecular complexity index is 1980. The number of anilines is 4. The number of aryl methyl sites for hydroxylation is 2. The van der Waals surface area contributed by atoms with Crippen molar-refractivity contribution in [1.82, 2.24) is 0 Å². The predicted octanol–water partition coefficient (Wildman–Crippen LogP) is 11.0. The third-order valence-corrected chi connectivity index (χ3v) is 7.58. The van der Waals surface area contributed by atoms with E-state index in [0.29, 0.717) is 0 Å². The Kier molecular flexibility index (Phi) is 6.25. The molecule has 2 N–H and O–H groups in total. The van der Waals surface area contributed by atoms with E-state index in [4.69, 9.17) is 4.42 Å². The molecule has 7 rings (SSSR count). The molecule has 7 aromatic rings. The number of rotatable bonds is 6. The molecule has 0 aliphatic heterocycles. The highest BCUT2D eigenvalue weighted by Crippen LogP contribution is 2.39. The molecule has 0 unspecified atom stereocenters. The summed E-state index contributed by atoms with van der Waals surface area (Å²) in [5, 5.41) is 9.36. The fourth-order valence-electron chi connectivity index (χ4n) is 5.35. The van der Waals surface area contributed by atoms with Gasteiger partial charge in [0.2, 0.25) is 0 Å². The Morgan fingerprint density at radius 1 is 0.415 bits per heavy atom. The topological polar surface area (TPSA) is 37.2 Å². The van der Waals surface area contributed by atoms with Crippen molar-refractivity contribution in [2.45, 2.75) is 13.8 Å². The number of benzene rings is 6. The zero-order valence-electron chi connectivity index (χ0n) is 23.1. The van der Waals surface area contributed by atoms with Crippen molar-refractivity contribution in [2.24, 2.45) is 0 Å². The minimum atomic E-state index is 0.900. The maximum absolute atomic E-state index is 6.12. The lowest BCUT2D eigenvalue weighted by molar-refractivity contribution is 0.669. The van der Waals surface area contributed by atoms with Gasteiger partial charge in [0, 0.05) is 33.5 Å². The van der Waals surface area contributed by atoms with Crippen LogP contribution in [0.2, 0.25) is 0 Å². The average molecular weight is 531 g/mol. The second kappa shape index (κ2) is 10.4. The van der Waals surface area contributed by atoms with Crippen molar-refractivity contribution in [1.29, 1.82) is 0 Å². The second-order valence-corrected chi connectivity index (χ2v) is 10.6.